The predicted molar refractivity (Wildman–Crippen MR) is 69.3 cm³/mol. The topological polar surface area (TPSA) is 25.4 Å². The fourth-order valence-electron chi connectivity index (χ4n) is 2.09. The van der Waals surface area contributed by atoms with Crippen molar-refractivity contribution in [1.29, 1.82) is 0 Å². The molecule has 0 aliphatic carbocycles. The monoisotopic (exact) mass is 281 g/mol. The first-order valence-corrected chi connectivity index (χ1v) is 6.77. The van der Waals surface area contributed by atoms with Gasteiger partial charge in [0.2, 0.25) is 0 Å². The number of hydrogen-bond donors (Lipinski definition) is 0. The molecule has 1 radical (unpaired) electrons. The van der Waals surface area contributed by atoms with E-state index in [1.54, 1.807) is 10.3 Å². The van der Waals surface area contributed by atoms with E-state index in [2.05, 4.69) is 10.5 Å². The number of rotatable bonds is 2. The zero-order valence-corrected chi connectivity index (χ0v) is 10.8. The average Bonchev–Trinajstić information content (AvgIpc) is 2.96. The van der Waals surface area contributed by atoms with E-state index in [-0.39, 0.29) is 11.3 Å². The number of halogens is 2. The Labute approximate surface area is 113 Å². The third-order valence-corrected chi connectivity index (χ3v) is 3.59. The Morgan fingerprint density at radius 1 is 1.21 bits per heavy atom. The Balaban J connectivity index is 1.97. The standard InChI is InChI=1S/C13H11F2N2OS/c14-10-6-13(17-1-3-18-4-2-17)11(15)5-9(10)12-7-19-8-16-12/h5-7H,1-4H2. The molecule has 0 unspecified atom stereocenters. The highest BCUT2D eigenvalue weighted by Gasteiger charge is 2.19. The van der Waals surface area contributed by atoms with Crippen LogP contribution in [-0.2, 0) is 4.74 Å². The summed E-state index contributed by atoms with van der Waals surface area (Å²) in [6, 6.07) is 2.43. The molecule has 1 saturated heterocycles. The maximum Gasteiger partial charge on any atom is 0.152 e. The Morgan fingerprint density at radius 3 is 2.68 bits per heavy atom. The quantitative estimate of drug-likeness (QED) is 0.846. The first kappa shape index (κ1) is 12.5. The van der Waals surface area contributed by atoms with E-state index in [9.17, 15) is 8.78 Å². The van der Waals surface area contributed by atoms with E-state index in [1.807, 2.05) is 0 Å². The highest BCUT2D eigenvalue weighted by atomic mass is 32.1. The summed E-state index contributed by atoms with van der Waals surface area (Å²) in [5.41, 5.74) is 3.49. The molecule has 3 nitrogen and oxygen atoms in total. The number of thiazole rings is 1. The Morgan fingerprint density at radius 2 is 2.00 bits per heavy atom. The van der Waals surface area contributed by atoms with Crippen molar-refractivity contribution in [2.24, 2.45) is 0 Å². The number of aromatic nitrogens is 1. The van der Waals surface area contributed by atoms with E-state index in [4.69, 9.17) is 4.74 Å². The van der Waals surface area contributed by atoms with Crippen LogP contribution in [0.15, 0.2) is 17.5 Å². The van der Waals surface area contributed by atoms with Crippen molar-refractivity contribution in [2.75, 3.05) is 31.2 Å². The molecule has 1 fully saturated rings. The van der Waals surface area contributed by atoms with E-state index in [1.165, 1.54) is 23.5 Å². The van der Waals surface area contributed by atoms with Crippen LogP contribution in [0, 0.1) is 17.1 Å². The van der Waals surface area contributed by atoms with Crippen LogP contribution in [0.1, 0.15) is 0 Å². The van der Waals surface area contributed by atoms with Crippen LogP contribution < -0.4 is 4.90 Å². The van der Waals surface area contributed by atoms with E-state index in [0.717, 1.165) is 0 Å². The van der Waals surface area contributed by atoms with Gasteiger partial charge < -0.3 is 9.64 Å². The lowest BCUT2D eigenvalue weighted by Gasteiger charge is -2.29. The van der Waals surface area contributed by atoms with Crippen molar-refractivity contribution >= 4 is 17.0 Å². The molecular formula is C13H11F2N2OS. The van der Waals surface area contributed by atoms with Crippen molar-refractivity contribution in [2.45, 2.75) is 0 Å². The molecule has 0 N–H and O–H groups in total. The molecule has 3 rings (SSSR count). The van der Waals surface area contributed by atoms with E-state index in [0.29, 0.717) is 32.0 Å². The molecule has 1 aliphatic rings. The zero-order valence-electron chi connectivity index (χ0n) is 10.0. The second kappa shape index (κ2) is 5.22. The summed E-state index contributed by atoms with van der Waals surface area (Å²) in [7, 11) is 0. The van der Waals surface area contributed by atoms with Gasteiger partial charge in [-0.15, -0.1) is 11.3 Å². The molecule has 1 aliphatic heterocycles. The second-order valence-electron chi connectivity index (χ2n) is 4.21. The van der Waals surface area contributed by atoms with Gasteiger partial charge in [-0.25, -0.2) is 13.8 Å². The molecule has 0 saturated carbocycles. The van der Waals surface area contributed by atoms with E-state index < -0.39 is 11.6 Å². The van der Waals surface area contributed by atoms with Gasteiger partial charge in [0, 0.05) is 30.1 Å². The summed E-state index contributed by atoms with van der Waals surface area (Å²) in [5.74, 6) is -0.909. The van der Waals surface area contributed by atoms with Gasteiger partial charge in [-0.1, -0.05) is 0 Å². The van der Waals surface area contributed by atoms with Gasteiger partial charge in [0.25, 0.3) is 0 Å². The molecule has 0 atom stereocenters. The number of nitrogens with zero attached hydrogens (tertiary/aromatic N) is 2. The molecule has 0 amide bonds. The molecule has 0 spiro atoms. The number of benzene rings is 1. The van der Waals surface area contributed by atoms with Gasteiger partial charge in [0.15, 0.2) is 5.51 Å². The molecule has 0 bridgehead atoms. The minimum absolute atomic E-state index is 0.173. The van der Waals surface area contributed by atoms with Crippen LogP contribution in [0.25, 0.3) is 11.3 Å². The Hall–Kier alpha value is -1.53. The van der Waals surface area contributed by atoms with Crippen LogP contribution in [0.3, 0.4) is 0 Å². The lowest BCUT2D eigenvalue weighted by Crippen LogP contribution is -2.36. The van der Waals surface area contributed by atoms with Crippen LogP contribution >= 0.6 is 11.3 Å². The number of hydrogen-bond acceptors (Lipinski definition) is 4. The molecule has 19 heavy (non-hydrogen) atoms. The minimum atomic E-state index is -0.470. The molecule has 2 heterocycles. The summed E-state index contributed by atoms with van der Waals surface area (Å²) in [6.07, 6.45) is 0. The van der Waals surface area contributed by atoms with Crippen molar-refractivity contribution in [3.63, 3.8) is 0 Å². The lowest BCUT2D eigenvalue weighted by molar-refractivity contribution is 0.122. The Bertz CT molecular complexity index is 568. The molecular weight excluding hydrogens is 270 g/mol. The summed E-state index contributed by atoms with van der Waals surface area (Å²) >= 11 is 1.23. The Kier molecular flexibility index (Phi) is 3.44. The zero-order chi connectivity index (χ0) is 13.2. The fourth-order valence-corrected chi connectivity index (χ4v) is 2.58. The van der Waals surface area contributed by atoms with Gasteiger partial charge in [-0.3, -0.25) is 0 Å². The average molecular weight is 281 g/mol. The first-order chi connectivity index (χ1) is 9.25. The third kappa shape index (κ3) is 2.46. The van der Waals surface area contributed by atoms with Gasteiger partial charge in [-0.05, 0) is 6.07 Å². The van der Waals surface area contributed by atoms with Gasteiger partial charge in [0.05, 0.1) is 24.6 Å². The highest BCUT2D eigenvalue weighted by Crippen LogP contribution is 2.29. The second-order valence-corrected chi connectivity index (χ2v) is 4.86. The molecule has 99 valence electrons. The molecule has 1 aromatic carbocycles. The van der Waals surface area contributed by atoms with Crippen molar-refractivity contribution in [3.05, 3.63) is 34.7 Å². The molecule has 6 heteroatoms. The fraction of sp³-hybridized carbons (Fsp3) is 0.308. The summed E-state index contributed by atoms with van der Waals surface area (Å²) in [4.78, 5) is 5.67. The highest BCUT2D eigenvalue weighted by molar-refractivity contribution is 7.07. The van der Waals surface area contributed by atoms with Crippen molar-refractivity contribution in [3.8, 4) is 11.3 Å². The minimum Gasteiger partial charge on any atom is -0.378 e. The van der Waals surface area contributed by atoms with Gasteiger partial charge in [-0.2, -0.15) is 0 Å². The van der Waals surface area contributed by atoms with Gasteiger partial charge in [0.1, 0.15) is 11.6 Å². The molecule has 2 aromatic rings. The van der Waals surface area contributed by atoms with E-state index >= 15 is 0 Å². The van der Waals surface area contributed by atoms with Crippen LogP contribution in [0.4, 0.5) is 14.5 Å². The van der Waals surface area contributed by atoms with Crippen molar-refractivity contribution in [1.82, 2.24) is 4.98 Å². The third-order valence-electron chi connectivity index (χ3n) is 3.05. The maximum absolute atomic E-state index is 14.1. The smallest absolute Gasteiger partial charge is 0.152 e. The summed E-state index contributed by atoms with van der Waals surface area (Å²) < 4.78 is 33.4. The first-order valence-electron chi connectivity index (χ1n) is 5.89. The SMILES string of the molecule is Fc1cc(N2CCOCC2)c(F)cc1-c1cs[c]n1. The van der Waals surface area contributed by atoms with Gasteiger partial charge >= 0.3 is 0 Å². The normalized spacial score (nSPS) is 15.8. The van der Waals surface area contributed by atoms with Crippen LogP contribution in [0.2, 0.25) is 0 Å². The summed E-state index contributed by atoms with van der Waals surface area (Å²) in [5, 5.41) is 1.65. The van der Waals surface area contributed by atoms with Crippen LogP contribution in [0.5, 0.6) is 0 Å². The number of morpholine rings is 1. The van der Waals surface area contributed by atoms with Crippen LogP contribution in [-0.4, -0.2) is 31.3 Å². The predicted octanol–water partition coefficient (Wildman–Crippen LogP) is 2.73. The lowest BCUT2D eigenvalue weighted by atomic mass is 10.1. The summed E-state index contributed by atoms with van der Waals surface area (Å²) in [6.45, 7) is 2.20. The largest absolute Gasteiger partial charge is 0.378 e. The maximum atomic E-state index is 14.1. The number of anilines is 1. The number of ether oxygens (including phenoxy) is 1. The molecule has 1 aromatic heterocycles. The van der Waals surface area contributed by atoms with Crippen molar-refractivity contribution < 1.29 is 13.5 Å².